The molecule has 0 aliphatic carbocycles. The predicted molar refractivity (Wildman–Crippen MR) is 128 cm³/mol. The van der Waals surface area contributed by atoms with E-state index in [0.717, 1.165) is 16.7 Å². The Morgan fingerprint density at radius 3 is 2.00 bits per heavy atom. The molecule has 1 amide bonds. The van der Waals surface area contributed by atoms with E-state index in [0.29, 0.717) is 19.6 Å². The lowest BCUT2D eigenvalue weighted by Gasteiger charge is -2.49. The van der Waals surface area contributed by atoms with Crippen molar-refractivity contribution in [1.29, 1.82) is 0 Å². The van der Waals surface area contributed by atoms with Crippen LogP contribution in [0.3, 0.4) is 0 Å². The van der Waals surface area contributed by atoms with E-state index in [9.17, 15) is 4.79 Å². The molecule has 2 heterocycles. The minimum absolute atomic E-state index is 0.0420. The molecule has 5 rings (SSSR count). The number of β-lactam (4-membered cyclic amide) rings is 1. The standard InChI is InChI=1S/C27H25NO4S/c29-26-25(30-18-21-14-8-3-9-15-21)23(28(26)17-20-12-6-2-7-13-20)24-22(31-27(33)32-24)16-19-10-4-1-5-11-19/h1-15,22-25H,16-18H2/t22-,23-,24+,25+/m0/s1. The van der Waals surface area contributed by atoms with Gasteiger partial charge in [-0.3, -0.25) is 4.79 Å². The summed E-state index contributed by atoms with van der Waals surface area (Å²) >= 11 is 5.27. The normalized spacial score (nSPS) is 24.2. The van der Waals surface area contributed by atoms with Gasteiger partial charge in [-0.25, -0.2) is 0 Å². The van der Waals surface area contributed by atoms with Crippen LogP contribution in [0.1, 0.15) is 16.7 Å². The lowest BCUT2D eigenvalue weighted by molar-refractivity contribution is -0.188. The Kier molecular flexibility index (Phi) is 6.37. The lowest BCUT2D eigenvalue weighted by atomic mass is 9.87. The van der Waals surface area contributed by atoms with Crippen LogP contribution in [0.15, 0.2) is 91.0 Å². The SMILES string of the molecule is O=C1[C@H](OCc2ccccc2)[C@H]([C@@H]2OC(=S)O[C@H]2Cc2ccccc2)N1Cc1ccccc1. The number of amides is 1. The fourth-order valence-electron chi connectivity index (χ4n) is 4.48. The van der Waals surface area contributed by atoms with Crippen LogP contribution in [0.2, 0.25) is 0 Å². The predicted octanol–water partition coefficient (Wildman–Crippen LogP) is 4.29. The molecular formula is C27H25NO4S. The number of thiocarbonyl (C=S) groups is 1. The molecule has 2 aliphatic heterocycles. The third kappa shape index (κ3) is 4.77. The average Bonchev–Trinajstić information content (AvgIpc) is 3.21. The van der Waals surface area contributed by atoms with Gasteiger partial charge in [-0.05, 0) is 16.7 Å². The van der Waals surface area contributed by atoms with E-state index >= 15 is 0 Å². The van der Waals surface area contributed by atoms with Crippen molar-refractivity contribution in [3.63, 3.8) is 0 Å². The summed E-state index contributed by atoms with van der Waals surface area (Å²) in [6, 6.07) is 29.6. The molecule has 0 bridgehead atoms. The fourth-order valence-corrected chi connectivity index (χ4v) is 4.71. The van der Waals surface area contributed by atoms with E-state index < -0.39 is 12.2 Å². The highest BCUT2D eigenvalue weighted by Gasteiger charge is 2.57. The van der Waals surface area contributed by atoms with Gasteiger partial charge in [0.15, 0.2) is 12.2 Å². The van der Waals surface area contributed by atoms with Gasteiger partial charge in [0.2, 0.25) is 0 Å². The molecule has 0 saturated carbocycles. The second kappa shape index (κ2) is 9.73. The third-order valence-electron chi connectivity index (χ3n) is 6.13. The maximum Gasteiger partial charge on any atom is 0.353 e. The van der Waals surface area contributed by atoms with Crippen molar-refractivity contribution < 1.29 is 19.0 Å². The van der Waals surface area contributed by atoms with Crippen molar-refractivity contribution in [3.05, 3.63) is 108 Å². The monoisotopic (exact) mass is 459 g/mol. The van der Waals surface area contributed by atoms with Crippen LogP contribution in [0.25, 0.3) is 0 Å². The summed E-state index contributed by atoms with van der Waals surface area (Å²) in [5.41, 5.74) is 3.20. The summed E-state index contributed by atoms with van der Waals surface area (Å²) in [6.07, 6.45) is -0.665. The van der Waals surface area contributed by atoms with Gasteiger partial charge in [0.05, 0.1) is 6.61 Å². The highest BCUT2D eigenvalue weighted by atomic mass is 32.1. The molecule has 0 N–H and O–H groups in total. The number of likely N-dealkylation sites (tertiary alicyclic amines) is 1. The topological polar surface area (TPSA) is 48.0 Å². The second-order valence-corrected chi connectivity index (χ2v) is 8.67. The lowest BCUT2D eigenvalue weighted by Crippen LogP contribution is -2.70. The van der Waals surface area contributed by atoms with E-state index in [1.807, 2.05) is 83.8 Å². The molecule has 33 heavy (non-hydrogen) atoms. The minimum Gasteiger partial charge on any atom is -0.449 e. The highest BCUT2D eigenvalue weighted by Crippen LogP contribution is 2.35. The molecule has 168 valence electrons. The zero-order chi connectivity index (χ0) is 22.6. The van der Waals surface area contributed by atoms with Gasteiger partial charge in [-0.15, -0.1) is 0 Å². The largest absolute Gasteiger partial charge is 0.449 e. The summed E-state index contributed by atoms with van der Waals surface area (Å²) in [7, 11) is 0. The van der Waals surface area contributed by atoms with E-state index in [1.165, 1.54) is 0 Å². The number of carbonyl (C=O) groups is 1. The molecule has 0 unspecified atom stereocenters. The quantitative estimate of drug-likeness (QED) is 0.371. The van der Waals surface area contributed by atoms with Crippen molar-refractivity contribution in [3.8, 4) is 0 Å². The van der Waals surface area contributed by atoms with Crippen LogP contribution in [0, 0.1) is 0 Å². The molecule has 3 aromatic carbocycles. The average molecular weight is 460 g/mol. The van der Waals surface area contributed by atoms with E-state index in [1.54, 1.807) is 0 Å². The molecule has 0 aromatic heterocycles. The van der Waals surface area contributed by atoms with E-state index in [-0.39, 0.29) is 23.3 Å². The first kappa shape index (κ1) is 21.6. The molecule has 2 fully saturated rings. The van der Waals surface area contributed by atoms with Crippen LogP contribution in [-0.4, -0.2) is 40.4 Å². The Morgan fingerprint density at radius 1 is 0.788 bits per heavy atom. The van der Waals surface area contributed by atoms with Gasteiger partial charge in [0.1, 0.15) is 12.1 Å². The van der Waals surface area contributed by atoms with Crippen LogP contribution in [0.4, 0.5) is 0 Å². The molecule has 6 heteroatoms. The first-order chi connectivity index (χ1) is 16.2. The molecule has 2 saturated heterocycles. The van der Waals surface area contributed by atoms with E-state index in [4.69, 9.17) is 26.4 Å². The Labute approximate surface area is 198 Å². The summed E-state index contributed by atoms with van der Waals surface area (Å²) in [5, 5.41) is 0.127. The summed E-state index contributed by atoms with van der Waals surface area (Å²) in [6.45, 7) is 0.842. The second-order valence-electron chi connectivity index (χ2n) is 8.34. The Balaban J connectivity index is 1.38. The number of carbonyl (C=O) groups excluding carboxylic acids is 1. The van der Waals surface area contributed by atoms with Gasteiger partial charge < -0.3 is 19.1 Å². The van der Waals surface area contributed by atoms with Gasteiger partial charge in [0.25, 0.3) is 5.91 Å². The molecule has 4 atom stereocenters. The molecule has 5 nitrogen and oxygen atoms in total. The highest BCUT2D eigenvalue weighted by molar-refractivity contribution is 7.79. The van der Waals surface area contributed by atoms with Crippen molar-refractivity contribution in [2.45, 2.75) is 43.9 Å². The number of rotatable bonds is 8. The van der Waals surface area contributed by atoms with Gasteiger partial charge >= 0.3 is 5.24 Å². The fraction of sp³-hybridized carbons (Fsp3) is 0.259. The number of hydrogen-bond donors (Lipinski definition) is 0. The number of benzene rings is 3. The van der Waals surface area contributed by atoms with E-state index in [2.05, 4.69) is 12.1 Å². The summed E-state index contributed by atoms with van der Waals surface area (Å²) in [5.74, 6) is -0.0420. The molecule has 0 spiro atoms. The zero-order valence-corrected chi connectivity index (χ0v) is 18.9. The van der Waals surface area contributed by atoms with Crippen molar-refractivity contribution in [1.82, 2.24) is 4.90 Å². The van der Waals surface area contributed by atoms with Gasteiger partial charge in [-0.2, -0.15) is 0 Å². The van der Waals surface area contributed by atoms with Crippen LogP contribution >= 0.6 is 12.2 Å². The van der Waals surface area contributed by atoms with Gasteiger partial charge in [0, 0.05) is 25.2 Å². The number of hydrogen-bond acceptors (Lipinski definition) is 5. The molecule has 3 aromatic rings. The number of nitrogens with zero attached hydrogens (tertiary/aromatic N) is 1. The van der Waals surface area contributed by atoms with Crippen LogP contribution in [-0.2, 0) is 38.6 Å². The maximum absolute atomic E-state index is 13.2. The first-order valence-corrected chi connectivity index (χ1v) is 11.5. The van der Waals surface area contributed by atoms with Gasteiger partial charge in [-0.1, -0.05) is 91.0 Å². The molecular weight excluding hydrogens is 434 g/mol. The van der Waals surface area contributed by atoms with Crippen molar-refractivity contribution in [2.24, 2.45) is 0 Å². The van der Waals surface area contributed by atoms with Crippen molar-refractivity contribution >= 4 is 23.4 Å². The number of ether oxygens (including phenoxy) is 3. The maximum atomic E-state index is 13.2. The zero-order valence-electron chi connectivity index (χ0n) is 18.1. The van der Waals surface area contributed by atoms with Crippen LogP contribution < -0.4 is 0 Å². The Morgan fingerprint density at radius 2 is 1.36 bits per heavy atom. The summed E-state index contributed by atoms with van der Waals surface area (Å²) < 4.78 is 18.0. The molecule has 2 aliphatic rings. The van der Waals surface area contributed by atoms with Crippen molar-refractivity contribution in [2.75, 3.05) is 0 Å². The smallest absolute Gasteiger partial charge is 0.353 e. The van der Waals surface area contributed by atoms with Crippen LogP contribution in [0.5, 0.6) is 0 Å². The minimum atomic E-state index is -0.610. The Bertz CT molecular complexity index is 1090. The Hall–Kier alpha value is -3.22. The molecule has 0 radical (unpaired) electrons. The first-order valence-electron chi connectivity index (χ1n) is 11.1. The third-order valence-corrected chi connectivity index (χ3v) is 6.32. The summed E-state index contributed by atoms with van der Waals surface area (Å²) in [4.78, 5) is 15.0.